The Labute approximate surface area is 84.2 Å². The van der Waals surface area contributed by atoms with E-state index in [1.165, 1.54) is 0 Å². The number of carbonyl (C=O) groups excluding carboxylic acids is 1. The van der Waals surface area contributed by atoms with Crippen LogP contribution in [0.1, 0.15) is 19.3 Å². The van der Waals surface area contributed by atoms with Crippen molar-refractivity contribution in [3.63, 3.8) is 0 Å². The zero-order valence-electron chi connectivity index (χ0n) is 7.69. The van der Waals surface area contributed by atoms with Crippen LogP contribution in [0, 0.1) is 0 Å². The van der Waals surface area contributed by atoms with Crippen LogP contribution in [0.4, 0.5) is 4.79 Å². The topological polar surface area (TPSA) is 58.4 Å². The molecular weight excluding hydrogens is 190 g/mol. The Hall–Kier alpha value is -0.480. The Morgan fingerprint density at radius 1 is 1.54 bits per heavy atom. The van der Waals surface area contributed by atoms with Crippen molar-refractivity contribution in [2.24, 2.45) is 5.73 Å². The van der Waals surface area contributed by atoms with Gasteiger partial charge in [0.15, 0.2) is 0 Å². The predicted molar refractivity (Wildman–Crippen MR) is 52.9 cm³/mol. The van der Waals surface area contributed by atoms with E-state index in [2.05, 4.69) is 5.32 Å². The molecule has 0 radical (unpaired) electrons. The molecule has 1 aliphatic carbocycles. The Kier molecular flexibility index (Phi) is 3.03. The average molecular weight is 206 g/mol. The van der Waals surface area contributed by atoms with E-state index in [-0.39, 0.29) is 24.5 Å². The highest BCUT2D eigenvalue weighted by Gasteiger charge is 2.40. The van der Waals surface area contributed by atoms with Gasteiger partial charge in [0.1, 0.15) is 0 Å². The summed E-state index contributed by atoms with van der Waals surface area (Å²) in [5, 5.41) is 2.96. The minimum atomic E-state index is 0. The molecule has 3 atom stereocenters. The van der Waals surface area contributed by atoms with Crippen LogP contribution in [0.5, 0.6) is 0 Å². The second-order valence-electron chi connectivity index (χ2n) is 3.81. The van der Waals surface area contributed by atoms with Gasteiger partial charge in [0, 0.05) is 13.1 Å². The molecule has 0 aromatic heterocycles. The molecule has 1 heterocycles. The van der Waals surface area contributed by atoms with Gasteiger partial charge in [-0.1, -0.05) is 0 Å². The van der Waals surface area contributed by atoms with Gasteiger partial charge in [0.25, 0.3) is 0 Å². The summed E-state index contributed by atoms with van der Waals surface area (Å²) in [6, 6.07) is 1.02. The number of nitrogens with zero attached hydrogens (tertiary/aromatic N) is 1. The Morgan fingerprint density at radius 2 is 2.23 bits per heavy atom. The van der Waals surface area contributed by atoms with Gasteiger partial charge in [-0.3, -0.25) is 0 Å². The summed E-state index contributed by atoms with van der Waals surface area (Å²) in [6.45, 7) is 0. The number of urea groups is 1. The lowest BCUT2D eigenvalue weighted by Crippen LogP contribution is -2.44. The fourth-order valence-corrected chi connectivity index (χ4v) is 2.19. The number of fused-ring (bicyclic) bond motifs is 1. The Bertz CT molecular complexity index is 212. The zero-order valence-corrected chi connectivity index (χ0v) is 8.51. The number of likely N-dealkylation sites (N-methyl/N-ethyl adjacent to an activating group) is 1. The van der Waals surface area contributed by atoms with Crippen LogP contribution in [0.3, 0.4) is 0 Å². The zero-order chi connectivity index (χ0) is 8.72. The third-order valence-corrected chi connectivity index (χ3v) is 2.98. The molecule has 1 saturated heterocycles. The summed E-state index contributed by atoms with van der Waals surface area (Å²) in [5.41, 5.74) is 5.83. The van der Waals surface area contributed by atoms with Crippen molar-refractivity contribution < 1.29 is 4.79 Å². The van der Waals surface area contributed by atoms with Gasteiger partial charge in [0.2, 0.25) is 0 Å². The van der Waals surface area contributed by atoms with Crippen molar-refractivity contribution in [3.8, 4) is 0 Å². The lowest BCUT2D eigenvalue weighted by molar-refractivity contribution is 0.204. The summed E-state index contributed by atoms with van der Waals surface area (Å²) in [7, 11) is 1.85. The fourth-order valence-electron chi connectivity index (χ4n) is 2.19. The maximum atomic E-state index is 11.2. The number of halogens is 1. The number of hydrogen-bond donors (Lipinski definition) is 2. The van der Waals surface area contributed by atoms with E-state index in [4.69, 9.17) is 5.73 Å². The number of rotatable bonds is 0. The molecule has 5 heteroatoms. The van der Waals surface area contributed by atoms with Crippen molar-refractivity contribution >= 4 is 18.4 Å². The van der Waals surface area contributed by atoms with Gasteiger partial charge < -0.3 is 16.0 Å². The summed E-state index contributed by atoms with van der Waals surface area (Å²) >= 11 is 0. The molecule has 4 nitrogen and oxygen atoms in total. The molecule has 0 aromatic rings. The van der Waals surface area contributed by atoms with Gasteiger partial charge >= 0.3 is 6.03 Å². The molecular formula is C8H16ClN3O. The van der Waals surface area contributed by atoms with Crippen LogP contribution in [0.25, 0.3) is 0 Å². The summed E-state index contributed by atoms with van der Waals surface area (Å²) in [5.74, 6) is 0. The predicted octanol–water partition coefficient (Wildman–Crippen LogP) is 0.312. The maximum absolute atomic E-state index is 11.2. The van der Waals surface area contributed by atoms with Crippen LogP contribution in [-0.2, 0) is 0 Å². The number of nitrogens with one attached hydrogen (secondary N) is 1. The third-order valence-electron chi connectivity index (χ3n) is 2.98. The van der Waals surface area contributed by atoms with E-state index < -0.39 is 0 Å². The Morgan fingerprint density at radius 3 is 2.92 bits per heavy atom. The van der Waals surface area contributed by atoms with E-state index in [1.807, 2.05) is 7.05 Å². The van der Waals surface area contributed by atoms with E-state index in [0.717, 1.165) is 19.3 Å². The third kappa shape index (κ3) is 1.74. The van der Waals surface area contributed by atoms with Crippen LogP contribution < -0.4 is 11.1 Å². The van der Waals surface area contributed by atoms with Gasteiger partial charge in [-0.15, -0.1) is 12.4 Å². The molecule has 3 unspecified atom stereocenters. The van der Waals surface area contributed by atoms with Gasteiger partial charge in [-0.2, -0.15) is 0 Å². The minimum Gasteiger partial charge on any atom is -0.333 e. The van der Waals surface area contributed by atoms with Gasteiger partial charge in [-0.25, -0.2) is 4.79 Å². The highest BCUT2D eigenvalue weighted by molar-refractivity contribution is 5.85. The number of nitrogens with two attached hydrogens (primary N) is 1. The number of amides is 2. The summed E-state index contributed by atoms with van der Waals surface area (Å²) in [4.78, 5) is 13.0. The van der Waals surface area contributed by atoms with E-state index in [1.54, 1.807) is 4.90 Å². The van der Waals surface area contributed by atoms with Crippen LogP contribution in [-0.4, -0.2) is 36.1 Å². The smallest absolute Gasteiger partial charge is 0.317 e. The number of hydrogen-bond acceptors (Lipinski definition) is 2. The largest absolute Gasteiger partial charge is 0.333 e. The first kappa shape index (κ1) is 10.6. The molecule has 0 bridgehead atoms. The van der Waals surface area contributed by atoms with Crippen LogP contribution in [0.15, 0.2) is 0 Å². The van der Waals surface area contributed by atoms with Crippen molar-refractivity contribution in [3.05, 3.63) is 0 Å². The van der Waals surface area contributed by atoms with Crippen LogP contribution in [0.2, 0.25) is 0 Å². The van der Waals surface area contributed by atoms with Gasteiger partial charge in [-0.05, 0) is 19.3 Å². The molecule has 3 N–H and O–H groups in total. The molecule has 1 saturated carbocycles. The monoisotopic (exact) mass is 205 g/mol. The quantitative estimate of drug-likeness (QED) is 0.598. The van der Waals surface area contributed by atoms with E-state index >= 15 is 0 Å². The van der Waals surface area contributed by atoms with Crippen molar-refractivity contribution in [1.82, 2.24) is 10.2 Å². The molecule has 13 heavy (non-hydrogen) atoms. The normalized spacial score (nSPS) is 37.8. The Balaban J connectivity index is 0.000000845. The van der Waals surface area contributed by atoms with E-state index in [9.17, 15) is 4.79 Å². The van der Waals surface area contributed by atoms with E-state index in [0.29, 0.717) is 12.1 Å². The standard InChI is InChI=1S/C8H15N3O.ClH/c1-11-7-4-5(9)2-3-6(7)10-8(11)12;/h5-7H,2-4,9H2,1H3,(H,10,12);1H. The first-order chi connectivity index (χ1) is 5.68. The fraction of sp³-hybridized carbons (Fsp3) is 0.875. The van der Waals surface area contributed by atoms with Crippen molar-refractivity contribution in [1.29, 1.82) is 0 Å². The first-order valence-electron chi connectivity index (χ1n) is 4.47. The second-order valence-corrected chi connectivity index (χ2v) is 3.81. The summed E-state index contributed by atoms with van der Waals surface area (Å²) < 4.78 is 0. The molecule has 2 rings (SSSR count). The highest BCUT2D eigenvalue weighted by atomic mass is 35.5. The molecule has 2 aliphatic rings. The first-order valence-corrected chi connectivity index (χ1v) is 4.47. The van der Waals surface area contributed by atoms with Crippen LogP contribution >= 0.6 is 12.4 Å². The van der Waals surface area contributed by atoms with Crippen molar-refractivity contribution in [2.75, 3.05) is 7.05 Å². The second kappa shape index (κ2) is 3.72. The molecule has 76 valence electrons. The summed E-state index contributed by atoms with van der Waals surface area (Å²) in [6.07, 6.45) is 3.01. The minimum absolute atomic E-state index is 0. The SMILES string of the molecule is CN1C(=O)NC2CCC(N)CC21.Cl. The maximum Gasteiger partial charge on any atom is 0.317 e. The lowest BCUT2D eigenvalue weighted by Gasteiger charge is -2.31. The highest BCUT2D eigenvalue weighted by Crippen LogP contribution is 2.25. The molecule has 2 fully saturated rings. The molecule has 0 spiro atoms. The molecule has 2 amide bonds. The number of carbonyl (C=O) groups is 1. The van der Waals surface area contributed by atoms with Gasteiger partial charge in [0.05, 0.1) is 12.1 Å². The average Bonchev–Trinajstić information content (AvgIpc) is 2.31. The molecule has 1 aliphatic heterocycles. The lowest BCUT2D eigenvalue weighted by atomic mass is 9.88. The van der Waals surface area contributed by atoms with Crippen molar-refractivity contribution in [2.45, 2.75) is 37.4 Å². The molecule has 0 aromatic carbocycles.